The molecule has 0 fully saturated rings. The highest BCUT2D eigenvalue weighted by Gasteiger charge is 2.24. The SMILES string of the molecule is CN=C(NCc1cccc(OC(C)C)c1)NCC1CC(=O)Nc2ccccc21.I. The van der Waals surface area contributed by atoms with Gasteiger partial charge in [-0.1, -0.05) is 30.3 Å². The van der Waals surface area contributed by atoms with Crippen molar-refractivity contribution in [3.05, 3.63) is 59.7 Å². The molecule has 156 valence electrons. The molecule has 0 aliphatic carbocycles. The van der Waals surface area contributed by atoms with Crippen molar-refractivity contribution >= 4 is 41.5 Å². The second-order valence-electron chi connectivity index (χ2n) is 7.16. The zero-order chi connectivity index (χ0) is 19.9. The number of anilines is 1. The van der Waals surface area contributed by atoms with Crippen LogP contribution < -0.4 is 20.7 Å². The van der Waals surface area contributed by atoms with Gasteiger partial charge in [-0.15, -0.1) is 24.0 Å². The Hall–Kier alpha value is -2.29. The fourth-order valence-electron chi connectivity index (χ4n) is 3.31. The summed E-state index contributed by atoms with van der Waals surface area (Å²) in [6, 6.07) is 16.0. The number of guanidine groups is 1. The molecule has 1 unspecified atom stereocenters. The molecule has 2 aromatic rings. The van der Waals surface area contributed by atoms with E-state index < -0.39 is 0 Å². The first kappa shape index (κ1) is 23.0. The Kier molecular flexibility index (Phi) is 8.75. The van der Waals surface area contributed by atoms with E-state index in [4.69, 9.17) is 4.74 Å². The maximum atomic E-state index is 12.0. The average Bonchev–Trinajstić information content (AvgIpc) is 2.67. The van der Waals surface area contributed by atoms with Crippen molar-refractivity contribution in [3.8, 4) is 5.75 Å². The van der Waals surface area contributed by atoms with Crippen LogP contribution >= 0.6 is 24.0 Å². The molecule has 0 aromatic heterocycles. The van der Waals surface area contributed by atoms with E-state index in [1.807, 2.05) is 50.2 Å². The second-order valence-corrected chi connectivity index (χ2v) is 7.16. The Balaban J connectivity index is 0.00000300. The molecule has 1 atom stereocenters. The summed E-state index contributed by atoms with van der Waals surface area (Å²) in [5, 5.41) is 9.60. The number of rotatable bonds is 6. The molecular weight excluding hydrogens is 479 g/mol. The lowest BCUT2D eigenvalue weighted by Gasteiger charge is -2.26. The smallest absolute Gasteiger partial charge is 0.225 e. The number of hydrogen-bond acceptors (Lipinski definition) is 3. The summed E-state index contributed by atoms with van der Waals surface area (Å²) < 4.78 is 5.75. The summed E-state index contributed by atoms with van der Waals surface area (Å²) in [6.45, 7) is 5.30. The van der Waals surface area contributed by atoms with E-state index >= 15 is 0 Å². The summed E-state index contributed by atoms with van der Waals surface area (Å²) in [5.74, 6) is 1.74. The summed E-state index contributed by atoms with van der Waals surface area (Å²) in [4.78, 5) is 16.3. The number of nitrogens with one attached hydrogen (secondary N) is 3. The summed E-state index contributed by atoms with van der Waals surface area (Å²) in [7, 11) is 1.75. The molecule has 1 heterocycles. The van der Waals surface area contributed by atoms with E-state index in [0.29, 0.717) is 25.5 Å². The maximum absolute atomic E-state index is 12.0. The van der Waals surface area contributed by atoms with Crippen LogP contribution in [-0.2, 0) is 11.3 Å². The molecule has 3 rings (SSSR count). The van der Waals surface area contributed by atoms with Gasteiger partial charge < -0.3 is 20.7 Å². The number of para-hydroxylation sites is 1. The Morgan fingerprint density at radius 1 is 1.21 bits per heavy atom. The zero-order valence-corrected chi connectivity index (χ0v) is 19.4. The van der Waals surface area contributed by atoms with Gasteiger partial charge in [0.05, 0.1) is 6.10 Å². The molecule has 0 radical (unpaired) electrons. The van der Waals surface area contributed by atoms with Crippen LogP contribution in [0.25, 0.3) is 0 Å². The van der Waals surface area contributed by atoms with Crippen LogP contribution in [0, 0.1) is 0 Å². The Bertz CT molecular complexity index is 854. The van der Waals surface area contributed by atoms with Gasteiger partial charge in [0.25, 0.3) is 0 Å². The van der Waals surface area contributed by atoms with Crippen LogP contribution in [-0.4, -0.2) is 31.6 Å². The molecule has 0 spiro atoms. The third kappa shape index (κ3) is 6.62. The van der Waals surface area contributed by atoms with Gasteiger partial charge in [-0.3, -0.25) is 9.79 Å². The van der Waals surface area contributed by atoms with Crippen molar-refractivity contribution in [2.24, 2.45) is 4.99 Å². The van der Waals surface area contributed by atoms with E-state index in [2.05, 4.69) is 33.1 Å². The normalized spacial score (nSPS) is 15.8. The zero-order valence-electron chi connectivity index (χ0n) is 17.1. The van der Waals surface area contributed by atoms with Crippen LogP contribution in [0.2, 0.25) is 0 Å². The fourth-order valence-corrected chi connectivity index (χ4v) is 3.31. The quantitative estimate of drug-likeness (QED) is 0.315. The van der Waals surface area contributed by atoms with Gasteiger partial charge in [-0.05, 0) is 43.2 Å². The maximum Gasteiger partial charge on any atom is 0.225 e. The van der Waals surface area contributed by atoms with E-state index in [0.717, 1.165) is 22.6 Å². The van der Waals surface area contributed by atoms with Gasteiger partial charge in [-0.2, -0.15) is 0 Å². The first-order valence-electron chi connectivity index (χ1n) is 9.64. The third-order valence-electron chi connectivity index (χ3n) is 4.58. The molecule has 6 nitrogen and oxygen atoms in total. The van der Waals surface area contributed by atoms with Gasteiger partial charge in [0.1, 0.15) is 5.75 Å². The molecule has 0 saturated heterocycles. The van der Waals surface area contributed by atoms with Gasteiger partial charge in [0.15, 0.2) is 5.96 Å². The highest BCUT2D eigenvalue weighted by atomic mass is 127. The van der Waals surface area contributed by atoms with Gasteiger partial charge in [-0.25, -0.2) is 0 Å². The molecular formula is C22H29IN4O2. The van der Waals surface area contributed by atoms with E-state index in [9.17, 15) is 4.79 Å². The number of fused-ring (bicyclic) bond motifs is 1. The van der Waals surface area contributed by atoms with Crippen molar-refractivity contribution in [3.63, 3.8) is 0 Å². The number of carbonyl (C=O) groups is 1. The van der Waals surface area contributed by atoms with Crippen molar-refractivity contribution in [1.29, 1.82) is 0 Å². The number of benzene rings is 2. The van der Waals surface area contributed by atoms with Crippen LogP contribution in [0.15, 0.2) is 53.5 Å². The molecule has 1 aliphatic rings. The minimum Gasteiger partial charge on any atom is -0.491 e. The van der Waals surface area contributed by atoms with Crippen LogP contribution in [0.4, 0.5) is 5.69 Å². The molecule has 7 heteroatoms. The largest absolute Gasteiger partial charge is 0.491 e. The molecule has 2 aromatic carbocycles. The lowest BCUT2D eigenvalue weighted by molar-refractivity contribution is -0.116. The number of nitrogens with zero attached hydrogens (tertiary/aromatic N) is 1. The summed E-state index contributed by atoms with van der Waals surface area (Å²) >= 11 is 0. The van der Waals surface area contributed by atoms with Gasteiger partial charge >= 0.3 is 0 Å². The Labute approximate surface area is 189 Å². The van der Waals surface area contributed by atoms with Crippen molar-refractivity contribution in [2.75, 3.05) is 18.9 Å². The molecule has 0 bridgehead atoms. The topological polar surface area (TPSA) is 74.8 Å². The highest BCUT2D eigenvalue weighted by Crippen LogP contribution is 2.31. The van der Waals surface area contributed by atoms with Crippen LogP contribution in [0.5, 0.6) is 5.75 Å². The standard InChI is InChI=1S/C22H28N4O2.HI/c1-15(2)28-18-8-6-7-16(11-18)13-24-22(23-3)25-14-17-12-21(27)26-20-10-5-4-9-19(17)20;/h4-11,15,17H,12-14H2,1-3H3,(H,26,27)(H2,23,24,25);1H. The third-order valence-corrected chi connectivity index (χ3v) is 4.58. The van der Waals surface area contributed by atoms with Gasteiger partial charge in [0.2, 0.25) is 5.91 Å². The van der Waals surface area contributed by atoms with E-state index in [-0.39, 0.29) is 41.9 Å². The first-order valence-corrected chi connectivity index (χ1v) is 9.64. The monoisotopic (exact) mass is 508 g/mol. The second kappa shape index (κ2) is 11.0. The van der Waals surface area contributed by atoms with Crippen molar-refractivity contribution in [2.45, 2.75) is 38.8 Å². The molecule has 1 amide bonds. The lowest BCUT2D eigenvalue weighted by Crippen LogP contribution is -2.40. The summed E-state index contributed by atoms with van der Waals surface area (Å²) in [5.41, 5.74) is 3.17. The first-order chi connectivity index (χ1) is 13.5. The molecule has 0 saturated carbocycles. The number of halogens is 1. The highest BCUT2D eigenvalue weighted by molar-refractivity contribution is 14.0. The number of amides is 1. The predicted molar refractivity (Wildman–Crippen MR) is 128 cm³/mol. The Morgan fingerprint density at radius 3 is 2.76 bits per heavy atom. The van der Waals surface area contributed by atoms with Crippen LogP contribution in [0.3, 0.4) is 0 Å². The van der Waals surface area contributed by atoms with E-state index in [1.165, 1.54) is 0 Å². The number of ether oxygens (including phenoxy) is 1. The minimum atomic E-state index is 0. The lowest BCUT2D eigenvalue weighted by atomic mass is 9.90. The minimum absolute atomic E-state index is 0. The van der Waals surface area contributed by atoms with Crippen molar-refractivity contribution in [1.82, 2.24) is 10.6 Å². The average molecular weight is 508 g/mol. The number of carbonyl (C=O) groups excluding carboxylic acids is 1. The molecule has 29 heavy (non-hydrogen) atoms. The van der Waals surface area contributed by atoms with E-state index in [1.54, 1.807) is 7.05 Å². The number of hydrogen-bond donors (Lipinski definition) is 3. The Morgan fingerprint density at radius 2 is 2.00 bits per heavy atom. The predicted octanol–water partition coefficient (Wildman–Crippen LogP) is 3.88. The molecule has 1 aliphatic heterocycles. The van der Waals surface area contributed by atoms with Gasteiger partial charge in [0, 0.05) is 38.2 Å². The fraction of sp³-hybridized carbons (Fsp3) is 0.364. The molecule has 3 N–H and O–H groups in total. The van der Waals surface area contributed by atoms with Crippen molar-refractivity contribution < 1.29 is 9.53 Å². The summed E-state index contributed by atoms with van der Waals surface area (Å²) in [6.07, 6.45) is 0.614. The number of aliphatic imine (C=N–C) groups is 1. The van der Waals surface area contributed by atoms with Crippen LogP contribution in [0.1, 0.15) is 37.3 Å².